The van der Waals surface area contributed by atoms with Gasteiger partial charge in [0.2, 0.25) is 5.96 Å². The molecule has 0 aliphatic heterocycles. The van der Waals surface area contributed by atoms with Crippen molar-refractivity contribution in [3.8, 4) is 5.75 Å². The minimum atomic E-state index is -0.0343. The molecule has 0 heterocycles. The third-order valence-electron chi connectivity index (χ3n) is 2.32. The number of nitrogens with zero attached hydrogens (tertiary/aromatic N) is 1. The summed E-state index contributed by atoms with van der Waals surface area (Å²) in [5.41, 5.74) is 3.14. The van der Waals surface area contributed by atoms with Crippen molar-refractivity contribution in [2.45, 2.75) is 13.0 Å². The fraction of sp³-hybridized carbons (Fsp3) is 0.417. The Morgan fingerprint density at radius 1 is 1.47 bits per heavy atom. The Morgan fingerprint density at radius 2 is 2.21 bits per heavy atom. The zero-order chi connectivity index (χ0) is 14.3. The molecule has 6 nitrogen and oxygen atoms in total. The van der Waals surface area contributed by atoms with Gasteiger partial charge in [0.1, 0.15) is 5.75 Å². The number of halogens is 1. The maximum atomic E-state index is 6.09. The van der Waals surface area contributed by atoms with E-state index in [9.17, 15) is 0 Å². The molecule has 1 unspecified atom stereocenters. The van der Waals surface area contributed by atoms with E-state index in [1.54, 1.807) is 32.4 Å². The highest BCUT2D eigenvalue weighted by molar-refractivity contribution is 6.33. The van der Waals surface area contributed by atoms with Crippen LogP contribution in [0.1, 0.15) is 6.92 Å². The van der Waals surface area contributed by atoms with E-state index in [0.717, 1.165) is 0 Å². The van der Waals surface area contributed by atoms with Crippen LogP contribution in [0.5, 0.6) is 5.75 Å². The molecule has 4 N–H and O–H groups in total. The summed E-state index contributed by atoms with van der Waals surface area (Å²) >= 11 is 6.09. The Bertz CT molecular complexity index is 440. The lowest BCUT2D eigenvalue weighted by molar-refractivity contribution is 0.185. The van der Waals surface area contributed by atoms with Gasteiger partial charge in [-0.15, -0.1) is 0 Å². The number of methoxy groups -OCH3 is 2. The van der Waals surface area contributed by atoms with Crippen molar-refractivity contribution >= 4 is 23.2 Å². The van der Waals surface area contributed by atoms with Gasteiger partial charge in [0.05, 0.1) is 30.5 Å². The number of hydrogen-bond donors (Lipinski definition) is 3. The largest absolute Gasteiger partial charge is 0.497 e. The van der Waals surface area contributed by atoms with Crippen molar-refractivity contribution in [1.82, 2.24) is 5.43 Å². The summed E-state index contributed by atoms with van der Waals surface area (Å²) in [6.07, 6.45) is 0. The number of hydrazine groups is 1. The normalized spacial score (nSPS) is 13.0. The molecule has 0 fully saturated rings. The quantitative estimate of drug-likeness (QED) is 0.332. The fourth-order valence-electron chi connectivity index (χ4n) is 1.46. The first-order chi connectivity index (χ1) is 9.10. The molecule has 0 radical (unpaired) electrons. The van der Waals surface area contributed by atoms with E-state index in [0.29, 0.717) is 29.0 Å². The molecule has 1 rings (SSSR count). The molecule has 0 saturated heterocycles. The number of aliphatic imine (C=N–C) groups is 1. The second-order valence-corrected chi connectivity index (χ2v) is 4.30. The number of nitrogens with two attached hydrogens (primary N) is 1. The van der Waals surface area contributed by atoms with Crippen molar-refractivity contribution in [2.75, 3.05) is 26.1 Å². The van der Waals surface area contributed by atoms with Crippen molar-refractivity contribution in [3.05, 3.63) is 23.2 Å². The SMILES string of the molecule is COCC(C)N=C(NN)Nc1cc(OC)ccc1Cl. The van der Waals surface area contributed by atoms with Gasteiger partial charge in [-0.25, -0.2) is 10.8 Å². The molecule has 0 aromatic heterocycles. The minimum Gasteiger partial charge on any atom is -0.497 e. The van der Waals surface area contributed by atoms with Gasteiger partial charge in [-0.3, -0.25) is 5.43 Å². The third kappa shape index (κ3) is 4.94. The Hall–Kier alpha value is -1.50. The molecule has 19 heavy (non-hydrogen) atoms. The molecule has 0 amide bonds. The van der Waals surface area contributed by atoms with E-state index in [1.807, 2.05) is 6.92 Å². The van der Waals surface area contributed by atoms with Crippen molar-refractivity contribution in [1.29, 1.82) is 0 Å². The van der Waals surface area contributed by atoms with Gasteiger partial charge in [-0.05, 0) is 19.1 Å². The fourth-order valence-corrected chi connectivity index (χ4v) is 1.62. The molecule has 0 aliphatic carbocycles. The van der Waals surface area contributed by atoms with Crippen LogP contribution in [0.4, 0.5) is 5.69 Å². The maximum Gasteiger partial charge on any atom is 0.210 e. The summed E-state index contributed by atoms with van der Waals surface area (Å²) in [7, 11) is 3.21. The second kappa shape index (κ2) is 7.83. The lowest BCUT2D eigenvalue weighted by Gasteiger charge is -2.14. The first-order valence-corrected chi connectivity index (χ1v) is 6.12. The Balaban J connectivity index is 2.86. The van der Waals surface area contributed by atoms with E-state index in [-0.39, 0.29) is 6.04 Å². The summed E-state index contributed by atoms with van der Waals surface area (Å²) in [5, 5.41) is 3.55. The first kappa shape index (κ1) is 15.6. The minimum absolute atomic E-state index is 0.0343. The van der Waals surface area contributed by atoms with E-state index < -0.39 is 0 Å². The van der Waals surface area contributed by atoms with Crippen LogP contribution in [0.3, 0.4) is 0 Å². The lowest BCUT2D eigenvalue weighted by Crippen LogP contribution is -2.37. The molecular formula is C12H19ClN4O2. The van der Waals surface area contributed by atoms with Crippen molar-refractivity contribution in [2.24, 2.45) is 10.8 Å². The number of guanidine groups is 1. The van der Waals surface area contributed by atoms with Crippen LogP contribution in [-0.4, -0.2) is 32.8 Å². The summed E-state index contributed by atoms with van der Waals surface area (Å²) in [6, 6.07) is 5.23. The molecule has 0 spiro atoms. The van der Waals surface area contributed by atoms with E-state index in [1.165, 1.54) is 0 Å². The highest BCUT2D eigenvalue weighted by Crippen LogP contribution is 2.26. The summed E-state index contributed by atoms with van der Waals surface area (Å²) in [6.45, 7) is 2.41. The van der Waals surface area contributed by atoms with Crippen LogP contribution in [0, 0.1) is 0 Å². The molecule has 1 atom stereocenters. The number of benzene rings is 1. The standard InChI is InChI=1S/C12H19ClN4O2/c1-8(7-18-2)15-12(17-14)16-11-6-9(19-3)4-5-10(11)13/h4-6,8H,7,14H2,1-3H3,(H2,15,16,17). The molecule has 7 heteroatoms. The smallest absolute Gasteiger partial charge is 0.210 e. The Labute approximate surface area is 117 Å². The van der Waals surface area contributed by atoms with E-state index >= 15 is 0 Å². The molecule has 0 bridgehead atoms. The van der Waals surface area contributed by atoms with Gasteiger partial charge in [0.25, 0.3) is 0 Å². The summed E-state index contributed by atoms with van der Waals surface area (Å²) in [5.74, 6) is 6.52. The lowest BCUT2D eigenvalue weighted by atomic mass is 10.3. The number of ether oxygens (including phenoxy) is 2. The molecule has 0 saturated carbocycles. The average Bonchev–Trinajstić information content (AvgIpc) is 2.40. The molecule has 106 valence electrons. The summed E-state index contributed by atoms with van der Waals surface area (Å²) < 4.78 is 10.1. The van der Waals surface area contributed by atoms with Gasteiger partial charge in [-0.1, -0.05) is 11.6 Å². The molecular weight excluding hydrogens is 268 g/mol. The van der Waals surface area contributed by atoms with Crippen LogP contribution in [0.15, 0.2) is 23.2 Å². The van der Waals surface area contributed by atoms with E-state index in [2.05, 4.69) is 15.7 Å². The average molecular weight is 287 g/mol. The summed E-state index contributed by atoms with van der Waals surface area (Å²) in [4.78, 5) is 4.32. The van der Waals surface area contributed by atoms with Gasteiger partial charge >= 0.3 is 0 Å². The Kier molecular flexibility index (Phi) is 6.41. The predicted molar refractivity (Wildman–Crippen MR) is 77.7 cm³/mol. The van der Waals surface area contributed by atoms with Crippen LogP contribution in [0.25, 0.3) is 0 Å². The molecule has 0 aliphatic rings. The topological polar surface area (TPSA) is 80.9 Å². The van der Waals surface area contributed by atoms with Gasteiger partial charge in [-0.2, -0.15) is 0 Å². The third-order valence-corrected chi connectivity index (χ3v) is 2.65. The first-order valence-electron chi connectivity index (χ1n) is 5.74. The molecule has 1 aromatic rings. The van der Waals surface area contributed by atoms with Crippen LogP contribution >= 0.6 is 11.6 Å². The number of rotatable bonds is 5. The zero-order valence-corrected chi connectivity index (χ0v) is 12.0. The van der Waals surface area contributed by atoms with Gasteiger partial charge in [0.15, 0.2) is 0 Å². The van der Waals surface area contributed by atoms with Crippen LogP contribution in [-0.2, 0) is 4.74 Å². The zero-order valence-electron chi connectivity index (χ0n) is 11.2. The monoisotopic (exact) mass is 286 g/mol. The predicted octanol–water partition coefficient (Wildman–Crippen LogP) is 1.61. The van der Waals surface area contributed by atoms with Crippen LogP contribution in [0.2, 0.25) is 5.02 Å². The number of hydrogen-bond acceptors (Lipinski definition) is 4. The number of nitrogens with one attached hydrogen (secondary N) is 2. The van der Waals surface area contributed by atoms with Gasteiger partial charge < -0.3 is 14.8 Å². The van der Waals surface area contributed by atoms with Crippen molar-refractivity contribution in [3.63, 3.8) is 0 Å². The number of anilines is 1. The molecule has 1 aromatic carbocycles. The second-order valence-electron chi connectivity index (χ2n) is 3.90. The van der Waals surface area contributed by atoms with Crippen LogP contribution < -0.4 is 21.3 Å². The van der Waals surface area contributed by atoms with E-state index in [4.69, 9.17) is 26.9 Å². The van der Waals surface area contributed by atoms with Gasteiger partial charge in [0, 0.05) is 13.2 Å². The maximum absolute atomic E-state index is 6.09. The highest BCUT2D eigenvalue weighted by Gasteiger charge is 2.07. The highest BCUT2D eigenvalue weighted by atomic mass is 35.5. The Morgan fingerprint density at radius 3 is 2.79 bits per heavy atom. The van der Waals surface area contributed by atoms with Crippen molar-refractivity contribution < 1.29 is 9.47 Å².